The van der Waals surface area contributed by atoms with Gasteiger partial charge in [-0.1, -0.05) is 0 Å². The van der Waals surface area contributed by atoms with Crippen LogP contribution in [0.3, 0.4) is 0 Å². The Bertz CT molecular complexity index is 662. The molecule has 21 heavy (non-hydrogen) atoms. The molecule has 0 bridgehead atoms. The number of tetrazole rings is 1. The summed E-state index contributed by atoms with van der Waals surface area (Å²) in [5.74, 6) is -1.18. The number of hydrogen-bond acceptors (Lipinski definition) is 6. The van der Waals surface area contributed by atoms with Crippen LogP contribution in [0.25, 0.3) is 5.69 Å². The summed E-state index contributed by atoms with van der Waals surface area (Å²) in [6.45, 7) is 0. The number of carboxylic acid groups (broad SMARTS) is 1. The maximum atomic E-state index is 12.4. The van der Waals surface area contributed by atoms with E-state index in [2.05, 4.69) is 20.8 Å². The summed E-state index contributed by atoms with van der Waals surface area (Å²) in [5, 5.41) is 24.5. The lowest BCUT2D eigenvalue weighted by molar-refractivity contribution is -0.139. The lowest BCUT2D eigenvalue weighted by atomic mass is 9.74. The van der Waals surface area contributed by atoms with Gasteiger partial charge in [0.25, 0.3) is 5.91 Å². The van der Waals surface area contributed by atoms with Gasteiger partial charge in [0, 0.05) is 0 Å². The molecule has 8 nitrogen and oxygen atoms in total. The highest BCUT2D eigenvalue weighted by atomic mass is 32.1. The van der Waals surface area contributed by atoms with Gasteiger partial charge in [0.15, 0.2) is 0 Å². The fourth-order valence-corrected chi connectivity index (χ4v) is 3.23. The lowest BCUT2D eigenvalue weighted by Gasteiger charge is -2.41. The van der Waals surface area contributed by atoms with E-state index in [9.17, 15) is 9.59 Å². The topological polar surface area (TPSA) is 110 Å². The van der Waals surface area contributed by atoms with Crippen LogP contribution in [-0.2, 0) is 4.79 Å². The molecule has 0 unspecified atom stereocenters. The summed E-state index contributed by atoms with van der Waals surface area (Å²) in [7, 11) is 0. The molecule has 9 heteroatoms. The van der Waals surface area contributed by atoms with Crippen molar-refractivity contribution in [2.24, 2.45) is 0 Å². The monoisotopic (exact) mass is 307 g/mol. The van der Waals surface area contributed by atoms with Crippen LogP contribution in [0.5, 0.6) is 0 Å². The van der Waals surface area contributed by atoms with Gasteiger partial charge in [0.2, 0.25) is 0 Å². The fourth-order valence-electron chi connectivity index (χ4n) is 2.46. The van der Waals surface area contributed by atoms with Crippen LogP contribution in [0.1, 0.15) is 35.4 Å². The number of aliphatic carboxylic acids is 1. The molecule has 2 N–H and O–H groups in total. The lowest BCUT2D eigenvalue weighted by Crippen LogP contribution is -2.54. The minimum absolute atomic E-state index is 0.0513. The van der Waals surface area contributed by atoms with Crippen molar-refractivity contribution in [2.75, 3.05) is 0 Å². The average Bonchev–Trinajstić information content (AvgIpc) is 3.05. The Kier molecular flexibility index (Phi) is 3.42. The van der Waals surface area contributed by atoms with E-state index in [1.807, 2.05) is 0 Å². The smallest absolute Gasteiger partial charge is 0.305 e. The van der Waals surface area contributed by atoms with E-state index >= 15 is 0 Å². The Morgan fingerprint density at radius 1 is 1.48 bits per heavy atom. The molecule has 0 aliphatic heterocycles. The van der Waals surface area contributed by atoms with Gasteiger partial charge in [0.1, 0.15) is 11.2 Å². The van der Waals surface area contributed by atoms with E-state index in [1.165, 1.54) is 22.3 Å². The molecule has 1 amide bonds. The van der Waals surface area contributed by atoms with Gasteiger partial charge in [-0.05, 0) is 41.1 Å². The Hall–Kier alpha value is -2.29. The molecule has 2 aromatic heterocycles. The van der Waals surface area contributed by atoms with Crippen molar-refractivity contribution in [1.29, 1.82) is 0 Å². The van der Waals surface area contributed by atoms with Crippen LogP contribution < -0.4 is 5.32 Å². The molecule has 1 saturated carbocycles. The summed E-state index contributed by atoms with van der Waals surface area (Å²) in [6.07, 6.45) is 3.67. The third-order valence-corrected chi connectivity index (χ3v) is 4.53. The molecule has 1 aliphatic carbocycles. The summed E-state index contributed by atoms with van der Waals surface area (Å²) >= 11 is 1.27. The fraction of sp³-hybridized carbons (Fsp3) is 0.417. The van der Waals surface area contributed by atoms with Gasteiger partial charge in [0.05, 0.1) is 17.6 Å². The molecular weight excluding hydrogens is 294 g/mol. The van der Waals surface area contributed by atoms with E-state index in [4.69, 9.17) is 5.11 Å². The highest BCUT2D eigenvalue weighted by Crippen LogP contribution is 2.35. The van der Waals surface area contributed by atoms with Crippen molar-refractivity contribution in [1.82, 2.24) is 25.5 Å². The van der Waals surface area contributed by atoms with Crippen LogP contribution in [0, 0.1) is 0 Å². The number of nitrogens with zero attached hydrogens (tertiary/aromatic N) is 4. The molecule has 0 radical (unpaired) electrons. The van der Waals surface area contributed by atoms with Crippen molar-refractivity contribution >= 4 is 23.2 Å². The SMILES string of the molecule is O=C(O)CC1(NC(=O)c2sccc2-n2cnnn2)CCC1. The van der Waals surface area contributed by atoms with Gasteiger partial charge >= 0.3 is 5.97 Å². The summed E-state index contributed by atoms with van der Waals surface area (Å²) in [4.78, 5) is 23.9. The van der Waals surface area contributed by atoms with Crippen molar-refractivity contribution in [3.63, 3.8) is 0 Å². The normalized spacial score (nSPS) is 16.2. The van der Waals surface area contributed by atoms with Gasteiger partial charge in [-0.25, -0.2) is 0 Å². The molecule has 2 aromatic rings. The Morgan fingerprint density at radius 2 is 2.29 bits per heavy atom. The largest absolute Gasteiger partial charge is 0.481 e. The van der Waals surface area contributed by atoms with Gasteiger partial charge in [-0.3, -0.25) is 9.59 Å². The molecule has 1 aliphatic rings. The molecule has 0 atom stereocenters. The van der Waals surface area contributed by atoms with Crippen LogP contribution in [0.15, 0.2) is 17.8 Å². The van der Waals surface area contributed by atoms with E-state index in [0.717, 1.165) is 6.42 Å². The zero-order chi connectivity index (χ0) is 14.9. The van der Waals surface area contributed by atoms with Crippen LogP contribution >= 0.6 is 11.3 Å². The Balaban J connectivity index is 1.80. The third-order valence-electron chi connectivity index (χ3n) is 3.63. The first-order valence-electron chi connectivity index (χ1n) is 6.45. The predicted octanol–water partition coefficient (Wildman–Crippen LogP) is 0.851. The van der Waals surface area contributed by atoms with Crippen LogP contribution in [0.4, 0.5) is 0 Å². The van der Waals surface area contributed by atoms with Crippen LogP contribution in [0.2, 0.25) is 0 Å². The third kappa shape index (κ3) is 2.64. The highest BCUT2D eigenvalue weighted by Gasteiger charge is 2.41. The zero-order valence-corrected chi connectivity index (χ0v) is 11.8. The minimum atomic E-state index is -0.901. The van der Waals surface area contributed by atoms with E-state index in [1.54, 1.807) is 11.4 Å². The Labute approximate surface area is 123 Å². The second-order valence-electron chi connectivity index (χ2n) is 5.05. The number of nitrogens with one attached hydrogen (secondary N) is 1. The van der Waals surface area contributed by atoms with Crippen molar-refractivity contribution in [3.05, 3.63) is 22.7 Å². The van der Waals surface area contributed by atoms with E-state index < -0.39 is 11.5 Å². The standard InChI is InChI=1S/C12H13N5O3S/c18-9(19)6-12(3-1-4-12)14-11(20)10-8(2-5-21-10)17-7-13-15-16-17/h2,5,7H,1,3-4,6H2,(H,14,20)(H,18,19). The maximum Gasteiger partial charge on any atom is 0.305 e. The van der Waals surface area contributed by atoms with Crippen molar-refractivity contribution in [2.45, 2.75) is 31.2 Å². The van der Waals surface area contributed by atoms with E-state index in [-0.39, 0.29) is 12.3 Å². The van der Waals surface area contributed by atoms with Gasteiger partial charge in [-0.2, -0.15) is 4.68 Å². The zero-order valence-electron chi connectivity index (χ0n) is 11.0. The Morgan fingerprint density at radius 3 is 2.86 bits per heavy atom. The van der Waals surface area contributed by atoms with Crippen molar-refractivity contribution < 1.29 is 14.7 Å². The second kappa shape index (κ2) is 5.24. The van der Waals surface area contributed by atoms with Gasteiger partial charge in [-0.15, -0.1) is 16.4 Å². The number of rotatable bonds is 5. The first kappa shape index (κ1) is 13.7. The van der Waals surface area contributed by atoms with E-state index in [0.29, 0.717) is 23.4 Å². The number of carbonyl (C=O) groups excluding carboxylic acids is 1. The molecule has 1 fully saturated rings. The summed E-state index contributed by atoms with van der Waals surface area (Å²) < 4.78 is 1.41. The number of amides is 1. The number of hydrogen-bond donors (Lipinski definition) is 2. The first-order chi connectivity index (χ1) is 10.1. The number of carbonyl (C=O) groups is 2. The molecule has 110 valence electrons. The summed E-state index contributed by atoms with van der Waals surface area (Å²) in [6, 6.07) is 1.75. The van der Waals surface area contributed by atoms with Gasteiger partial charge < -0.3 is 10.4 Å². The summed E-state index contributed by atoms with van der Waals surface area (Å²) in [5.41, 5.74) is -0.0302. The molecule has 0 aromatic carbocycles. The number of carboxylic acids is 1. The first-order valence-corrected chi connectivity index (χ1v) is 7.33. The number of aromatic nitrogens is 4. The molecule has 0 spiro atoms. The van der Waals surface area contributed by atoms with Crippen molar-refractivity contribution in [3.8, 4) is 5.69 Å². The van der Waals surface area contributed by atoms with Crippen LogP contribution in [-0.4, -0.2) is 42.7 Å². The molecule has 2 heterocycles. The quantitative estimate of drug-likeness (QED) is 0.847. The average molecular weight is 307 g/mol. The maximum absolute atomic E-state index is 12.4. The molecular formula is C12H13N5O3S. The minimum Gasteiger partial charge on any atom is -0.481 e. The predicted molar refractivity (Wildman–Crippen MR) is 73.3 cm³/mol. The second-order valence-corrected chi connectivity index (χ2v) is 5.96. The molecule has 3 rings (SSSR count). The number of thiophene rings is 1. The highest BCUT2D eigenvalue weighted by molar-refractivity contribution is 7.12. The molecule has 0 saturated heterocycles.